The Morgan fingerprint density at radius 1 is 1.50 bits per heavy atom. The zero-order valence-corrected chi connectivity index (χ0v) is 10.5. The van der Waals surface area contributed by atoms with Gasteiger partial charge in [0.05, 0.1) is 5.75 Å². The molecule has 0 amide bonds. The van der Waals surface area contributed by atoms with Gasteiger partial charge < -0.3 is 4.42 Å². The molecule has 0 saturated heterocycles. The van der Waals surface area contributed by atoms with Crippen LogP contribution in [-0.4, -0.2) is 15.2 Å². The fourth-order valence-corrected chi connectivity index (χ4v) is 3.03. The van der Waals surface area contributed by atoms with E-state index in [9.17, 15) is 0 Å². The van der Waals surface area contributed by atoms with Crippen molar-refractivity contribution in [2.24, 2.45) is 0 Å². The van der Waals surface area contributed by atoms with E-state index in [2.05, 4.69) is 15.2 Å². The van der Waals surface area contributed by atoms with Crippen molar-refractivity contribution in [3.05, 3.63) is 22.9 Å². The third-order valence-corrected chi connectivity index (χ3v) is 4.45. The van der Waals surface area contributed by atoms with Crippen molar-refractivity contribution in [1.82, 2.24) is 15.2 Å². The maximum Gasteiger partial charge on any atom is 0.226 e. The van der Waals surface area contributed by atoms with Gasteiger partial charge in [-0.3, -0.25) is 0 Å². The largest absolute Gasteiger partial charge is 0.424 e. The Morgan fingerprint density at radius 2 is 2.38 bits per heavy atom. The van der Waals surface area contributed by atoms with Crippen molar-refractivity contribution >= 4 is 23.1 Å². The molecule has 0 spiro atoms. The predicted octanol–water partition coefficient (Wildman–Crippen LogP) is 3.00. The van der Waals surface area contributed by atoms with Gasteiger partial charge in [-0.2, -0.15) is 0 Å². The van der Waals surface area contributed by atoms with Crippen LogP contribution in [-0.2, 0) is 5.75 Å². The number of thiazole rings is 1. The fourth-order valence-electron chi connectivity index (χ4n) is 1.34. The van der Waals surface area contributed by atoms with Gasteiger partial charge in [-0.25, -0.2) is 4.98 Å². The van der Waals surface area contributed by atoms with Gasteiger partial charge in [-0.05, 0) is 19.8 Å². The van der Waals surface area contributed by atoms with Crippen LogP contribution in [0.25, 0.3) is 0 Å². The van der Waals surface area contributed by atoms with E-state index in [1.165, 1.54) is 12.8 Å². The molecule has 84 valence electrons. The van der Waals surface area contributed by atoms with E-state index in [4.69, 9.17) is 4.42 Å². The Hall–Kier alpha value is -0.880. The van der Waals surface area contributed by atoms with Crippen LogP contribution in [0.1, 0.15) is 36.2 Å². The summed E-state index contributed by atoms with van der Waals surface area (Å²) in [6, 6.07) is 0. The molecule has 1 fully saturated rings. The third-order valence-electron chi connectivity index (χ3n) is 2.33. The summed E-state index contributed by atoms with van der Waals surface area (Å²) in [4.78, 5) is 4.37. The number of hydrogen-bond donors (Lipinski definition) is 0. The summed E-state index contributed by atoms with van der Waals surface area (Å²) in [7, 11) is 0. The monoisotopic (exact) mass is 253 g/mol. The molecule has 0 radical (unpaired) electrons. The quantitative estimate of drug-likeness (QED) is 0.784. The zero-order valence-electron chi connectivity index (χ0n) is 8.84. The van der Waals surface area contributed by atoms with Crippen LogP contribution in [0.2, 0.25) is 0 Å². The molecule has 0 atom stereocenters. The molecule has 2 aromatic rings. The highest BCUT2D eigenvalue weighted by Gasteiger charge is 2.29. The van der Waals surface area contributed by atoms with E-state index in [1.54, 1.807) is 23.1 Å². The molecule has 6 heteroatoms. The lowest BCUT2D eigenvalue weighted by Crippen LogP contribution is -1.80. The molecule has 0 N–H and O–H groups in total. The lowest BCUT2D eigenvalue weighted by atomic mass is 10.4. The molecule has 1 aliphatic rings. The van der Waals surface area contributed by atoms with Crippen LogP contribution >= 0.6 is 23.1 Å². The summed E-state index contributed by atoms with van der Waals surface area (Å²) >= 11 is 3.31. The molecule has 16 heavy (non-hydrogen) atoms. The van der Waals surface area contributed by atoms with Crippen molar-refractivity contribution in [1.29, 1.82) is 0 Å². The van der Waals surface area contributed by atoms with Crippen LogP contribution in [0.3, 0.4) is 0 Å². The topological polar surface area (TPSA) is 51.8 Å². The second kappa shape index (κ2) is 4.18. The highest BCUT2D eigenvalue weighted by Crippen LogP contribution is 2.39. The summed E-state index contributed by atoms with van der Waals surface area (Å²) in [5, 5.41) is 10.1. The first-order chi connectivity index (χ1) is 7.81. The van der Waals surface area contributed by atoms with Crippen LogP contribution in [0.5, 0.6) is 0 Å². The second-order valence-electron chi connectivity index (χ2n) is 3.85. The van der Waals surface area contributed by atoms with Crippen molar-refractivity contribution < 1.29 is 4.42 Å². The van der Waals surface area contributed by atoms with Gasteiger partial charge in [-0.15, -0.1) is 21.5 Å². The lowest BCUT2D eigenvalue weighted by molar-refractivity contribution is 0.466. The second-order valence-corrected chi connectivity index (χ2v) is 5.93. The Balaban J connectivity index is 1.61. The van der Waals surface area contributed by atoms with Crippen molar-refractivity contribution in [2.75, 3.05) is 0 Å². The minimum Gasteiger partial charge on any atom is -0.424 e. The Kier molecular flexibility index (Phi) is 2.69. The maximum atomic E-state index is 5.57. The first-order valence-corrected chi connectivity index (χ1v) is 7.05. The Morgan fingerprint density at radius 3 is 3.06 bits per heavy atom. The van der Waals surface area contributed by atoms with Crippen molar-refractivity contribution in [2.45, 2.75) is 35.8 Å². The smallest absolute Gasteiger partial charge is 0.226 e. The average molecular weight is 253 g/mol. The molecule has 0 aliphatic heterocycles. The minimum atomic E-state index is 0.536. The number of aryl methyl sites for hydroxylation is 1. The van der Waals surface area contributed by atoms with Crippen molar-refractivity contribution in [3.63, 3.8) is 0 Å². The van der Waals surface area contributed by atoms with Gasteiger partial charge in [0.2, 0.25) is 11.8 Å². The van der Waals surface area contributed by atoms with Gasteiger partial charge in [0, 0.05) is 17.0 Å². The summed E-state index contributed by atoms with van der Waals surface area (Å²) in [6.07, 6.45) is 2.39. The molecule has 2 heterocycles. The summed E-state index contributed by atoms with van der Waals surface area (Å²) in [6.45, 7) is 2.00. The van der Waals surface area contributed by atoms with E-state index in [0.717, 1.165) is 15.9 Å². The van der Waals surface area contributed by atoms with Crippen LogP contribution in [0.4, 0.5) is 0 Å². The van der Waals surface area contributed by atoms with Gasteiger partial charge in [-0.1, -0.05) is 11.8 Å². The lowest BCUT2D eigenvalue weighted by Gasteiger charge is -1.91. The van der Waals surface area contributed by atoms with Crippen molar-refractivity contribution in [3.8, 4) is 0 Å². The highest BCUT2D eigenvalue weighted by atomic mass is 32.2. The number of nitrogens with zero attached hydrogens (tertiary/aromatic N) is 3. The predicted molar refractivity (Wildman–Crippen MR) is 62.7 cm³/mol. The number of hydrogen-bond acceptors (Lipinski definition) is 6. The molecule has 0 bridgehead atoms. The summed E-state index contributed by atoms with van der Waals surface area (Å²) < 4.78 is 6.63. The third kappa shape index (κ3) is 2.27. The molecule has 0 unspecified atom stereocenters. The van der Waals surface area contributed by atoms with Gasteiger partial charge in [0.1, 0.15) is 0 Å². The molecule has 3 rings (SSSR count). The standard InChI is InChI=1S/C10H11N3OS2/c1-6-4-15-10(11-6)16-5-8-12-13-9(14-8)7-2-3-7/h4,7H,2-3,5H2,1H3. The van der Waals surface area contributed by atoms with Gasteiger partial charge in [0.15, 0.2) is 4.34 Å². The Labute approximate surface area is 101 Å². The molecule has 4 nitrogen and oxygen atoms in total. The van der Waals surface area contributed by atoms with E-state index >= 15 is 0 Å². The van der Waals surface area contributed by atoms with E-state index < -0.39 is 0 Å². The molecular weight excluding hydrogens is 242 g/mol. The van der Waals surface area contributed by atoms with E-state index in [0.29, 0.717) is 17.6 Å². The molecular formula is C10H11N3OS2. The average Bonchev–Trinajstić information content (AvgIpc) is 2.87. The van der Waals surface area contributed by atoms with Crippen LogP contribution in [0, 0.1) is 6.92 Å². The van der Waals surface area contributed by atoms with Gasteiger partial charge >= 0.3 is 0 Å². The molecule has 1 saturated carbocycles. The summed E-state index contributed by atoms with van der Waals surface area (Å²) in [5.74, 6) is 2.77. The van der Waals surface area contributed by atoms with E-state index in [1.807, 2.05) is 12.3 Å². The first kappa shape index (κ1) is 10.3. The summed E-state index contributed by atoms with van der Waals surface area (Å²) in [5.41, 5.74) is 1.07. The SMILES string of the molecule is Cc1csc(SCc2nnc(C3CC3)o2)n1. The zero-order chi connectivity index (χ0) is 11.0. The first-order valence-electron chi connectivity index (χ1n) is 5.18. The fraction of sp³-hybridized carbons (Fsp3) is 0.500. The maximum absolute atomic E-state index is 5.57. The van der Waals surface area contributed by atoms with Crippen LogP contribution in [0.15, 0.2) is 14.1 Å². The molecule has 0 aromatic carbocycles. The number of thioether (sulfide) groups is 1. The van der Waals surface area contributed by atoms with Crippen LogP contribution < -0.4 is 0 Å². The Bertz CT molecular complexity index is 490. The number of aromatic nitrogens is 3. The highest BCUT2D eigenvalue weighted by molar-refractivity contribution is 8.00. The van der Waals surface area contributed by atoms with Gasteiger partial charge in [0.25, 0.3) is 0 Å². The molecule has 1 aliphatic carbocycles. The normalized spacial score (nSPS) is 15.6. The van der Waals surface area contributed by atoms with E-state index in [-0.39, 0.29) is 0 Å². The minimum absolute atomic E-state index is 0.536. The molecule has 2 aromatic heterocycles. The number of rotatable bonds is 4.